The van der Waals surface area contributed by atoms with Crippen molar-refractivity contribution in [2.45, 2.75) is 6.18 Å². The number of nitro benzene ring substituents is 1. The maximum Gasteiger partial charge on any atom is 0.420 e. The molecule has 0 saturated carbocycles. The molecule has 2 rings (SSSR count). The number of nitrogens with zero attached hydrogens (tertiary/aromatic N) is 1. The molecule has 0 amide bonds. The molecule has 0 heterocycles. The van der Waals surface area contributed by atoms with Crippen molar-refractivity contribution in [3.63, 3.8) is 0 Å². The smallest absolute Gasteiger partial charge is 0.420 e. The van der Waals surface area contributed by atoms with Crippen LogP contribution in [0.5, 0.6) is 11.5 Å². The summed E-state index contributed by atoms with van der Waals surface area (Å²) in [4.78, 5) is 20.3. The van der Waals surface area contributed by atoms with E-state index in [0.717, 1.165) is 12.1 Å². The summed E-state index contributed by atoms with van der Waals surface area (Å²) in [6.45, 7) is 0. The minimum Gasteiger partial charge on any atom is -0.457 e. The number of non-ortho nitro benzene ring substituents is 1. The topological polar surface area (TPSA) is 69.4 Å². The third-order valence-electron chi connectivity index (χ3n) is 2.70. The summed E-state index contributed by atoms with van der Waals surface area (Å²) in [5.41, 5.74) is -1.73. The highest BCUT2D eigenvalue weighted by molar-refractivity contribution is 5.75. The van der Waals surface area contributed by atoms with E-state index in [2.05, 4.69) is 0 Å². The lowest BCUT2D eigenvalue weighted by atomic mass is 10.1. The molecule has 0 spiro atoms. The first-order valence-corrected chi connectivity index (χ1v) is 5.90. The van der Waals surface area contributed by atoms with Crippen LogP contribution in [0.25, 0.3) is 0 Å². The highest BCUT2D eigenvalue weighted by Gasteiger charge is 2.36. The van der Waals surface area contributed by atoms with Gasteiger partial charge in [0.25, 0.3) is 5.69 Å². The van der Waals surface area contributed by atoms with Gasteiger partial charge in [-0.05, 0) is 18.2 Å². The zero-order valence-corrected chi connectivity index (χ0v) is 10.8. The lowest BCUT2D eigenvalue weighted by Crippen LogP contribution is -2.08. The van der Waals surface area contributed by atoms with Crippen LogP contribution in [0, 0.1) is 10.1 Å². The van der Waals surface area contributed by atoms with E-state index >= 15 is 0 Å². The molecule has 0 aromatic heterocycles. The summed E-state index contributed by atoms with van der Waals surface area (Å²) in [7, 11) is 0. The number of hydrogen-bond acceptors (Lipinski definition) is 4. The van der Waals surface area contributed by atoms with Gasteiger partial charge >= 0.3 is 6.18 Å². The number of nitro groups is 1. The molecule has 0 radical (unpaired) electrons. The van der Waals surface area contributed by atoms with Gasteiger partial charge in [0.2, 0.25) is 0 Å². The first-order valence-electron chi connectivity index (χ1n) is 5.90. The Hall–Kier alpha value is -2.90. The van der Waals surface area contributed by atoms with E-state index in [1.807, 2.05) is 0 Å². The summed E-state index contributed by atoms with van der Waals surface area (Å²) < 4.78 is 44.1. The van der Waals surface area contributed by atoms with Crippen molar-refractivity contribution in [3.8, 4) is 11.5 Å². The van der Waals surface area contributed by atoms with E-state index in [-0.39, 0.29) is 11.3 Å². The van der Waals surface area contributed by atoms with Crippen LogP contribution in [0.4, 0.5) is 18.9 Å². The van der Waals surface area contributed by atoms with Crippen molar-refractivity contribution in [3.05, 3.63) is 63.7 Å². The fraction of sp³-hybridized carbons (Fsp3) is 0.0714. The Labute approximate surface area is 122 Å². The predicted molar refractivity (Wildman–Crippen MR) is 70.0 cm³/mol. The van der Waals surface area contributed by atoms with Crippen molar-refractivity contribution < 1.29 is 27.6 Å². The fourth-order valence-corrected chi connectivity index (χ4v) is 1.72. The number of rotatable bonds is 4. The molecule has 0 aliphatic rings. The average Bonchev–Trinajstić information content (AvgIpc) is 2.46. The van der Waals surface area contributed by atoms with Crippen molar-refractivity contribution in [2.75, 3.05) is 0 Å². The Kier molecular flexibility index (Phi) is 4.11. The lowest BCUT2D eigenvalue weighted by molar-refractivity contribution is -0.385. The van der Waals surface area contributed by atoms with Crippen molar-refractivity contribution in [2.24, 2.45) is 0 Å². The molecule has 0 saturated heterocycles. The van der Waals surface area contributed by atoms with Crippen LogP contribution in [-0.4, -0.2) is 11.2 Å². The molecule has 114 valence electrons. The first-order chi connectivity index (χ1) is 10.3. The second-order valence-electron chi connectivity index (χ2n) is 4.23. The fourth-order valence-electron chi connectivity index (χ4n) is 1.72. The Morgan fingerprint density at radius 1 is 1.14 bits per heavy atom. The minimum atomic E-state index is -4.82. The van der Waals surface area contributed by atoms with Gasteiger partial charge in [0.15, 0.2) is 0 Å². The van der Waals surface area contributed by atoms with Crippen LogP contribution in [0.1, 0.15) is 15.9 Å². The molecular weight excluding hydrogens is 303 g/mol. The SMILES string of the molecule is O=Cc1cccc(Oc2ccc([N+](=O)[O-])cc2C(F)(F)F)c1. The molecule has 0 bridgehead atoms. The van der Waals surface area contributed by atoms with Gasteiger partial charge in [-0.25, -0.2) is 0 Å². The summed E-state index contributed by atoms with van der Waals surface area (Å²) in [6, 6.07) is 7.71. The Bertz CT molecular complexity index is 728. The zero-order valence-electron chi connectivity index (χ0n) is 10.8. The van der Waals surface area contributed by atoms with E-state index < -0.39 is 28.1 Å². The van der Waals surface area contributed by atoms with Crippen LogP contribution in [-0.2, 0) is 6.18 Å². The number of carbonyl (C=O) groups excluding carboxylic acids is 1. The zero-order chi connectivity index (χ0) is 16.3. The second-order valence-corrected chi connectivity index (χ2v) is 4.23. The largest absolute Gasteiger partial charge is 0.457 e. The van der Waals surface area contributed by atoms with E-state index in [1.165, 1.54) is 24.3 Å². The van der Waals surface area contributed by atoms with Crippen molar-refractivity contribution in [1.82, 2.24) is 0 Å². The maximum absolute atomic E-state index is 13.0. The molecule has 0 aliphatic carbocycles. The normalized spacial score (nSPS) is 11.0. The quantitative estimate of drug-likeness (QED) is 0.481. The van der Waals surface area contributed by atoms with Crippen LogP contribution in [0.15, 0.2) is 42.5 Å². The van der Waals surface area contributed by atoms with Gasteiger partial charge in [-0.1, -0.05) is 12.1 Å². The molecule has 8 heteroatoms. The number of halogens is 3. The second kappa shape index (κ2) is 5.84. The van der Waals surface area contributed by atoms with Crippen LogP contribution >= 0.6 is 0 Å². The number of aldehydes is 1. The van der Waals surface area contributed by atoms with E-state index in [9.17, 15) is 28.1 Å². The Morgan fingerprint density at radius 2 is 1.86 bits per heavy atom. The van der Waals surface area contributed by atoms with E-state index in [1.54, 1.807) is 0 Å². The van der Waals surface area contributed by atoms with Crippen LogP contribution in [0.3, 0.4) is 0 Å². The van der Waals surface area contributed by atoms with Gasteiger partial charge in [0, 0.05) is 17.7 Å². The van der Waals surface area contributed by atoms with Gasteiger partial charge in [0.1, 0.15) is 23.3 Å². The maximum atomic E-state index is 13.0. The predicted octanol–water partition coefficient (Wildman–Crippen LogP) is 4.22. The van der Waals surface area contributed by atoms with Crippen molar-refractivity contribution >= 4 is 12.0 Å². The highest BCUT2D eigenvalue weighted by Crippen LogP contribution is 2.40. The standard InChI is InChI=1S/C14H8F3NO4/c15-14(16,17)12-7-10(18(20)21)4-5-13(12)22-11-3-1-2-9(6-11)8-19/h1-8H. The summed E-state index contributed by atoms with van der Waals surface area (Å²) in [5, 5.41) is 10.6. The third-order valence-corrected chi connectivity index (χ3v) is 2.70. The summed E-state index contributed by atoms with van der Waals surface area (Å²) >= 11 is 0. The molecule has 0 atom stereocenters. The minimum absolute atomic E-state index is 0.0175. The molecule has 0 aliphatic heterocycles. The number of ether oxygens (including phenoxy) is 1. The molecule has 2 aromatic carbocycles. The van der Waals surface area contributed by atoms with Gasteiger partial charge in [-0.15, -0.1) is 0 Å². The Morgan fingerprint density at radius 3 is 2.45 bits per heavy atom. The Balaban J connectivity index is 2.45. The van der Waals surface area contributed by atoms with Gasteiger partial charge in [-0.3, -0.25) is 14.9 Å². The van der Waals surface area contributed by atoms with Crippen LogP contribution in [0.2, 0.25) is 0 Å². The molecular formula is C14H8F3NO4. The summed E-state index contributed by atoms with van der Waals surface area (Å²) in [6.07, 6.45) is -4.29. The number of hydrogen-bond donors (Lipinski definition) is 0. The lowest BCUT2D eigenvalue weighted by Gasteiger charge is -2.13. The van der Waals surface area contributed by atoms with Gasteiger partial charge in [0.05, 0.1) is 4.92 Å². The molecule has 0 unspecified atom stereocenters. The van der Waals surface area contributed by atoms with Crippen molar-refractivity contribution in [1.29, 1.82) is 0 Å². The van der Waals surface area contributed by atoms with Crippen LogP contribution < -0.4 is 4.74 Å². The van der Waals surface area contributed by atoms with Gasteiger partial charge in [-0.2, -0.15) is 13.2 Å². The molecule has 22 heavy (non-hydrogen) atoms. The molecule has 0 fully saturated rings. The molecule has 0 N–H and O–H groups in total. The van der Waals surface area contributed by atoms with E-state index in [0.29, 0.717) is 12.4 Å². The number of benzene rings is 2. The highest BCUT2D eigenvalue weighted by atomic mass is 19.4. The number of alkyl halides is 3. The monoisotopic (exact) mass is 311 g/mol. The summed E-state index contributed by atoms with van der Waals surface area (Å²) in [5.74, 6) is -0.565. The third kappa shape index (κ3) is 3.40. The number of carbonyl (C=O) groups is 1. The first kappa shape index (κ1) is 15.5. The van der Waals surface area contributed by atoms with Gasteiger partial charge < -0.3 is 4.74 Å². The van der Waals surface area contributed by atoms with E-state index in [4.69, 9.17) is 4.74 Å². The molecule has 2 aromatic rings. The molecule has 5 nitrogen and oxygen atoms in total. The average molecular weight is 311 g/mol.